The predicted molar refractivity (Wildman–Crippen MR) is 79.6 cm³/mol. The summed E-state index contributed by atoms with van der Waals surface area (Å²) >= 11 is 0. The molecule has 0 saturated carbocycles. The van der Waals surface area contributed by atoms with Gasteiger partial charge in [-0.15, -0.1) is 0 Å². The summed E-state index contributed by atoms with van der Waals surface area (Å²) in [7, 11) is -3.11. The first kappa shape index (κ1) is 15.5. The van der Waals surface area contributed by atoms with Gasteiger partial charge in [-0.2, -0.15) is 0 Å². The van der Waals surface area contributed by atoms with Crippen molar-refractivity contribution in [3.05, 3.63) is 29.8 Å². The van der Waals surface area contributed by atoms with Gasteiger partial charge >= 0.3 is 0 Å². The minimum Gasteiger partial charge on any atom is -0.378 e. The monoisotopic (exact) mass is 297 g/mol. The van der Waals surface area contributed by atoms with E-state index in [2.05, 4.69) is 12.2 Å². The largest absolute Gasteiger partial charge is 0.378 e. The normalized spacial score (nSPS) is 21.0. The van der Waals surface area contributed by atoms with E-state index in [1.54, 1.807) is 12.1 Å². The zero-order valence-corrected chi connectivity index (χ0v) is 12.9. The van der Waals surface area contributed by atoms with Gasteiger partial charge in [-0.05, 0) is 50.4 Å². The average Bonchev–Trinajstić information content (AvgIpc) is 2.91. The molecule has 1 aromatic rings. The minimum absolute atomic E-state index is 0.213. The second kappa shape index (κ2) is 6.70. The van der Waals surface area contributed by atoms with Crippen molar-refractivity contribution in [2.45, 2.75) is 43.2 Å². The SMILES string of the molecule is CC(NCCC1CCCO1)c1ccc(S(C)(=O)=O)cc1. The summed E-state index contributed by atoms with van der Waals surface area (Å²) in [5.74, 6) is 0. The highest BCUT2D eigenvalue weighted by atomic mass is 32.2. The van der Waals surface area contributed by atoms with E-state index < -0.39 is 9.84 Å². The standard InChI is InChI=1S/C15H23NO3S/c1-12(16-10-9-14-4-3-11-19-14)13-5-7-15(8-6-13)20(2,17)18/h5-8,12,14,16H,3-4,9-11H2,1-2H3. The van der Waals surface area contributed by atoms with Gasteiger partial charge in [0.1, 0.15) is 0 Å². The van der Waals surface area contributed by atoms with Crippen molar-refractivity contribution in [3.8, 4) is 0 Å². The van der Waals surface area contributed by atoms with Crippen molar-refractivity contribution in [3.63, 3.8) is 0 Å². The third kappa shape index (κ3) is 4.30. The zero-order chi connectivity index (χ0) is 14.6. The lowest BCUT2D eigenvalue weighted by Gasteiger charge is -2.16. The fourth-order valence-electron chi connectivity index (χ4n) is 2.45. The van der Waals surface area contributed by atoms with Gasteiger partial charge in [0.25, 0.3) is 0 Å². The van der Waals surface area contributed by atoms with Gasteiger partial charge in [0.2, 0.25) is 0 Å². The second-order valence-electron chi connectivity index (χ2n) is 5.44. The molecule has 1 aliphatic heterocycles. The van der Waals surface area contributed by atoms with Gasteiger partial charge in [0.15, 0.2) is 9.84 Å². The van der Waals surface area contributed by atoms with E-state index in [1.165, 1.54) is 19.1 Å². The Balaban J connectivity index is 1.84. The molecule has 2 unspecified atom stereocenters. The first-order valence-electron chi connectivity index (χ1n) is 7.12. The van der Waals surface area contributed by atoms with E-state index >= 15 is 0 Å². The maximum absolute atomic E-state index is 11.4. The van der Waals surface area contributed by atoms with Crippen LogP contribution in [-0.2, 0) is 14.6 Å². The minimum atomic E-state index is -3.11. The summed E-state index contributed by atoms with van der Waals surface area (Å²) in [5, 5.41) is 3.45. The Hall–Kier alpha value is -0.910. The van der Waals surface area contributed by atoms with Gasteiger partial charge in [0.05, 0.1) is 11.0 Å². The molecule has 1 aromatic carbocycles. The quantitative estimate of drug-likeness (QED) is 0.875. The molecule has 1 aliphatic rings. The smallest absolute Gasteiger partial charge is 0.175 e. The van der Waals surface area contributed by atoms with E-state index in [4.69, 9.17) is 4.74 Å². The number of nitrogens with one attached hydrogen (secondary N) is 1. The molecule has 1 fully saturated rings. The molecule has 2 rings (SSSR count). The van der Waals surface area contributed by atoms with Gasteiger partial charge in [0, 0.05) is 18.9 Å². The Bertz CT molecular complexity index is 519. The van der Waals surface area contributed by atoms with Crippen LogP contribution in [0.4, 0.5) is 0 Å². The molecule has 1 N–H and O–H groups in total. The Morgan fingerprint density at radius 1 is 1.35 bits per heavy atom. The van der Waals surface area contributed by atoms with Gasteiger partial charge in [-0.25, -0.2) is 8.42 Å². The van der Waals surface area contributed by atoms with E-state index in [-0.39, 0.29) is 6.04 Å². The summed E-state index contributed by atoms with van der Waals surface area (Å²) in [6.45, 7) is 3.90. The van der Waals surface area contributed by atoms with Crippen molar-refractivity contribution in [1.82, 2.24) is 5.32 Å². The van der Waals surface area contributed by atoms with Crippen LogP contribution >= 0.6 is 0 Å². The maximum Gasteiger partial charge on any atom is 0.175 e. The molecule has 0 amide bonds. The van der Waals surface area contributed by atoms with E-state index in [0.29, 0.717) is 11.0 Å². The van der Waals surface area contributed by atoms with Crippen LogP contribution < -0.4 is 5.32 Å². The molecule has 0 spiro atoms. The van der Waals surface area contributed by atoms with Crippen LogP contribution in [0.25, 0.3) is 0 Å². The third-order valence-electron chi connectivity index (χ3n) is 3.75. The van der Waals surface area contributed by atoms with Crippen molar-refractivity contribution in [2.75, 3.05) is 19.4 Å². The number of ether oxygens (including phenoxy) is 1. The molecule has 0 aliphatic carbocycles. The highest BCUT2D eigenvalue weighted by Gasteiger charge is 2.15. The highest BCUT2D eigenvalue weighted by molar-refractivity contribution is 7.90. The fraction of sp³-hybridized carbons (Fsp3) is 0.600. The summed E-state index contributed by atoms with van der Waals surface area (Å²) < 4.78 is 28.4. The van der Waals surface area contributed by atoms with E-state index in [9.17, 15) is 8.42 Å². The molecular formula is C15H23NO3S. The molecule has 0 aromatic heterocycles. The Labute approximate surface area is 121 Å². The molecule has 1 saturated heterocycles. The molecule has 1 heterocycles. The lowest BCUT2D eigenvalue weighted by Crippen LogP contribution is -2.23. The number of rotatable bonds is 6. The second-order valence-corrected chi connectivity index (χ2v) is 7.46. The van der Waals surface area contributed by atoms with Crippen molar-refractivity contribution in [1.29, 1.82) is 0 Å². The predicted octanol–water partition coefficient (Wildman–Crippen LogP) is 2.31. The van der Waals surface area contributed by atoms with Crippen molar-refractivity contribution >= 4 is 9.84 Å². The molecule has 4 nitrogen and oxygen atoms in total. The first-order chi connectivity index (χ1) is 9.47. The third-order valence-corrected chi connectivity index (χ3v) is 4.88. The summed E-state index contributed by atoms with van der Waals surface area (Å²) in [4.78, 5) is 0.368. The topological polar surface area (TPSA) is 55.4 Å². The first-order valence-corrected chi connectivity index (χ1v) is 9.01. The van der Waals surface area contributed by atoms with Crippen molar-refractivity contribution < 1.29 is 13.2 Å². The Morgan fingerprint density at radius 3 is 2.60 bits per heavy atom. The van der Waals surface area contributed by atoms with Crippen molar-refractivity contribution in [2.24, 2.45) is 0 Å². The van der Waals surface area contributed by atoms with Crippen LogP contribution in [-0.4, -0.2) is 33.9 Å². The van der Waals surface area contributed by atoms with Gasteiger partial charge < -0.3 is 10.1 Å². The zero-order valence-electron chi connectivity index (χ0n) is 12.1. The van der Waals surface area contributed by atoms with Crippen LogP contribution in [0, 0.1) is 0 Å². The molecule has 0 radical (unpaired) electrons. The molecule has 0 bridgehead atoms. The number of benzene rings is 1. The number of hydrogen-bond donors (Lipinski definition) is 1. The summed E-state index contributed by atoms with van der Waals surface area (Å²) in [6.07, 6.45) is 5.01. The lowest BCUT2D eigenvalue weighted by molar-refractivity contribution is 0.103. The lowest BCUT2D eigenvalue weighted by atomic mass is 10.1. The highest BCUT2D eigenvalue weighted by Crippen LogP contribution is 2.18. The summed E-state index contributed by atoms with van der Waals surface area (Å²) in [6, 6.07) is 7.30. The van der Waals surface area contributed by atoms with Gasteiger partial charge in [-0.3, -0.25) is 0 Å². The van der Waals surface area contributed by atoms with Gasteiger partial charge in [-0.1, -0.05) is 12.1 Å². The molecule has 5 heteroatoms. The molecule has 2 atom stereocenters. The van der Waals surface area contributed by atoms with E-state index in [1.807, 2.05) is 12.1 Å². The molecule has 20 heavy (non-hydrogen) atoms. The van der Waals surface area contributed by atoms with Crippen LogP contribution in [0.1, 0.15) is 37.8 Å². The van der Waals surface area contributed by atoms with Crippen LogP contribution in [0.3, 0.4) is 0 Å². The Kier molecular flexibility index (Phi) is 5.18. The average molecular weight is 297 g/mol. The van der Waals surface area contributed by atoms with Crippen LogP contribution in [0.5, 0.6) is 0 Å². The summed E-state index contributed by atoms with van der Waals surface area (Å²) in [5.41, 5.74) is 1.10. The maximum atomic E-state index is 11.4. The molecule has 112 valence electrons. The fourth-order valence-corrected chi connectivity index (χ4v) is 3.08. The Morgan fingerprint density at radius 2 is 2.05 bits per heavy atom. The van der Waals surface area contributed by atoms with Crippen LogP contribution in [0.15, 0.2) is 29.2 Å². The van der Waals surface area contributed by atoms with E-state index in [0.717, 1.165) is 25.1 Å². The molecular weight excluding hydrogens is 274 g/mol. The number of hydrogen-bond acceptors (Lipinski definition) is 4. The van der Waals surface area contributed by atoms with Crippen LogP contribution in [0.2, 0.25) is 0 Å². The number of sulfone groups is 1.